The van der Waals surface area contributed by atoms with Crippen LogP contribution in [0.4, 0.5) is 0 Å². The first kappa shape index (κ1) is 20.5. The number of oxazole rings is 1. The lowest BCUT2D eigenvalue weighted by Gasteiger charge is -2.18. The molecule has 2 aromatic rings. The van der Waals surface area contributed by atoms with Crippen LogP contribution in [0.2, 0.25) is 0 Å². The second-order valence-corrected chi connectivity index (χ2v) is 8.03. The van der Waals surface area contributed by atoms with Crippen molar-refractivity contribution in [3.05, 3.63) is 70.3 Å². The van der Waals surface area contributed by atoms with Crippen molar-refractivity contribution < 1.29 is 18.7 Å². The van der Waals surface area contributed by atoms with E-state index in [2.05, 4.69) is 4.98 Å². The molecule has 0 saturated heterocycles. The van der Waals surface area contributed by atoms with E-state index in [-0.39, 0.29) is 5.78 Å². The zero-order valence-corrected chi connectivity index (χ0v) is 18.2. The molecule has 0 aliphatic heterocycles. The van der Waals surface area contributed by atoms with Gasteiger partial charge < -0.3 is 13.9 Å². The van der Waals surface area contributed by atoms with Gasteiger partial charge in [0.05, 0.1) is 18.9 Å². The van der Waals surface area contributed by atoms with E-state index in [1.165, 1.54) is 0 Å². The molecule has 5 heteroatoms. The Morgan fingerprint density at radius 3 is 2.70 bits per heavy atom. The van der Waals surface area contributed by atoms with Gasteiger partial charge in [0, 0.05) is 35.8 Å². The fourth-order valence-corrected chi connectivity index (χ4v) is 4.21. The summed E-state index contributed by atoms with van der Waals surface area (Å²) in [6, 6.07) is 5.94. The van der Waals surface area contributed by atoms with Crippen molar-refractivity contribution in [2.45, 2.75) is 47.0 Å². The maximum Gasteiger partial charge on any atom is 0.222 e. The number of Topliss-reactive ketones (excluding diaryl/α,β-unsaturated/α-hetero) is 1. The molecule has 1 fully saturated rings. The molecule has 2 aliphatic rings. The minimum Gasteiger partial charge on any atom is -0.494 e. The molecule has 5 nitrogen and oxygen atoms in total. The van der Waals surface area contributed by atoms with Crippen LogP contribution in [0.1, 0.15) is 59.8 Å². The van der Waals surface area contributed by atoms with Crippen LogP contribution in [0.5, 0.6) is 0 Å². The number of ketones is 1. The number of rotatable bonds is 9. The van der Waals surface area contributed by atoms with Gasteiger partial charge in [-0.15, -0.1) is 0 Å². The molecule has 158 valence electrons. The number of ether oxygens (including phenoxy) is 2. The molecule has 30 heavy (non-hydrogen) atoms. The van der Waals surface area contributed by atoms with Crippen LogP contribution in [0.15, 0.2) is 46.5 Å². The lowest BCUT2D eigenvalue weighted by Crippen LogP contribution is -2.09. The Hall–Kier alpha value is -2.82. The summed E-state index contributed by atoms with van der Waals surface area (Å²) in [7, 11) is 0. The van der Waals surface area contributed by atoms with Gasteiger partial charge in [-0.2, -0.15) is 0 Å². The average molecular weight is 408 g/mol. The van der Waals surface area contributed by atoms with Gasteiger partial charge in [0.2, 0.25) is 5.89 Å². The van der Waals surface area contributed by atoms with Gasteiger partial charge in [-0.25, -0.2) is 4.98 Å². The Morgan fingerprint density at radius 2 is 1.97 bits per heavy atom. The number of aromatic nitrogens is 1. The summed E-state index contributed by atoms with van der Waals surface area (Å²) in [6.45, 7) is 9.20. The highest BCUT2D eigenvalue weighted by Crippen LogP contribution is 2.56. The van der Waals surface area contributed by atoms with Gasteiger partial charge in [-0.1, -0.05) is 23.8 Å². The highest BCUT2D eigenvalue weighted by atomic mass is 16.5. The molecule has 1 aromatic carbocycles. The third-order valence-corrected chi connectivity index (χ3v) is 5.75. The standard InChI is InChI=1S/C25H29NO4/c1-5-28-23-13-21(19-12-20(19)24(23)29-6-2)25-26-17(14-30-25)8-10-22(27)18-9-7-15(3)11-16(18)4/h7,9,11,13-14,19-20H,5-6,8,10,12H2,1-4H3. The van der Waals surface area contributed by atoms with Gasteiger partial charge in [-0.05, 0) is 45.8 Å². The fourth-order valence-electron chi connectivity index (χ4n) is 4.21. The van der Waals surface area contributed by atoms with Gasteiger partial charge in [0.1, 0.15) is 12.0 Å². The normalized spacial score (nSPS) is 19.9. The predicted octanol–water partition coefficient (Wildman–Crippen LogP) is 5.42. The van der Waals surface area contributed by atoms with Gasteiger partial charge in [0.15, 0.2) is 11.5 Å². The SMILES string of the molecule is CCOC1=C(OCC)C2CC2C(c2nc(CCC(=O)c3ccc(C)cc3C)co2)=C1. The third-order valence-electron chi connectivity index (χ3n) is 5.75. The maximum absolute atomic E-state index is 12.6. The zero-order valence-electron chi connectivity index (χ0n) is 18.2. The number of allylic oxidation sites excluding steroid dienone is 3. The molecule has 0 bridgehead atoms. The van der Waals surface area contributed by atoms with Crippen molar-refractivity contribution in [1.29, 1.82) is 0 Å². The monoisotopic (exact) mass is 407 g/mol. The van der Waals surface area contributed by atoms with Crippen molar-refractivity contribution in [2.75, 3.05) is 13.2 Å². The zero-order chi connectivity index (χ0) is 21.3. The Labute approximate surface area is 177 Å². The van der Waals surface area contributed by atoms with E-state index >= 15 is 0 Å². The van der Waals surface area contributed by atoms with Crippen molar-refractivity contribution in [2.24, 2.45) is 11.8 Å². The summed E-state index contributed by atoms with van der Waals surface area (Å²) in [4.78, 5) is 17.3. The molecule has 1 heterocycles. The predicted molar refractivity (Wildman–Crippen MR) is 115 cm³/mol. The molecule has 2 unspecified atom stereocenters. The first-order valence-corrected chi connectivity index (χ1v) is 10.8. The minimum atomic E-state index is 0.138. The lowest BCUT2D eigenvalue weighted by molar-refractivity contribution is 0.0982. The molecule has 2 atom stereocenters. The lowest BCUT2D eigenvalue weighted by atomic mass is 9.99. The van der Waals surface area contributed by atoms with Crippen LogP contribution in [0.3, 0.4) is 0 Å². The number of hydrogen-bond donors (Lipinski definition) is 0. The highest BCUT2D eigenvalue weighted by molar-refractivity contribution is 5.97. The van der Waals surface area contributed by atoms with E-state index in [1.807, 2.05) is 52.0 Å². The number of hydrogen-bond acceptors (Lipinski definition) is 5. The van der Waals surface area contributed by atoms with Crippen molar-refractivity contribution in [3.8, 4) is 0 Å². The Bertz CT molecular complexity index is 1010. The van der Waals surface area contributed by atoms with E-state index < -0.39 is 0 Å². The van der Waals surface area contributed by atoms with Crippen LogP contribution in [0.25, 0.3) is 5.57 Å². The van der Waals surface area contributed by atoms with E-state index in [4.69, 9.17) is 13.9 Å². The maximum atomic E-state index is 12.6. The fraction of sp³-hybridized carbons (Fsp3) is 0.440. The molecule has 1 saturated carbocycles. The van der Waals surface area contributed by atoms with Crippen molar-refractivity contribution in [3.63, 3.8) is 0 Å². The molecule has 0 N–H and O–H groups in total. The molecule has 1 aromatic heterocycles. The molecule has 2 aliphatic carbocycles. The van der Waals surface area contributed by atoms with E-state index in [9.17, 15) is 4.79 Å². The molecule has 4 rings (SSSR count). The van der Waals surface area contributed by atoms with Crippen molar-refractivity contribution in [1.82, 2.24) is 4.98 Å². The first-order valence-electron chi connectivity index (χ1n) is 10.8. The van der Waals surface area contributed by atoms with Gasteiger partial charge >= 0.3 is 0 Å². The van der Waals surface area contributed by atoms with E-state index in [0.717, 1.165) is 45.9 Å². The molecule has 0 radical (unpaired) electrons. The van der Waals surface area contributed by atoms with Crippen LogP contribution in [-0.2, 0) is 15.9 Å². The summed E-state index contributed by atoms with van der Waals surface area (Å²) >= 11 is 0. The number of carbonyl (C=O) groups is 1. The summed E-state index contributed by atoms with van der Waals surface area (Å²) in [5, 5.41) is 0. The number of fused-ring (bicyclic) bond motifs is 1. The average Bonchev–Trinajstić information content (AvgIpc) is 3.37. The van der Waals surface area contributed by atoms with E-state index in [0.29, 0.717) is 43.8 Å². The summed E-state index contributed by atoms with van der Waals surface area (Å²) in [5.74, 6) is 3.24. The highest BCUT2D eigenvalue weighted by Gasteiger charge is 2.49. The minimum absolute atomic E-state index is 0.138. The second-order valence-electron chi connectivity index (χ2n) is 8.03. The second kappa shape index (κ2) is 8.50. The summed E-state index contributed by atoms with van der Waals surface area (Å²) in [5.41, 5.74) is 4.85. The van der Waals surface area contributed by atoms with Crippen LogP contribution < -0.4 is 0 Å². The first-order chi connectivity index (χ1) is 14.5. The van der Waals surface area contributed by atoms with Crippen molar-refractivity contribution >= 4 is 11.4 Å². The van der Waals surface area contributed by atoms with Gasteiger partial charge in [-0.3, -0.25) is 4.79 Å². The number of nitrogens with zero attached hydrogens (tertiary/aromatic N) is 1. The van der Waals surface area contributed by atoms with Crippen LogP contribution in [-0.4, -0.2) is 24.0 Å². The molecular formula is C25H29NO4. The molecular weight excluding hydrogens is 378 g/mol. The smallest absolute Gasteiger partial charge is 0.222 e. The summed E-state index contributed by atoms with van der Waals surface area (Å²) < 4.78 is 17.4. The van der Waals surface area contributed by atoms with E-state index in [1.54, 1.807) is 6.26 Å². The quantitative estimate of drug-likeness (QED) is 0.519. The number of benzene rings is 1. The Balaban J connectivity index is 1.47. The van der Waals surface area contributed by atoms with Crippen LogP contribution >= 0.6 is 0 Å². The van der Waals surface area contributed by atoms with Crippen LogP contribution in [0, 0.1) is 25.7 Å². The topological polar surface area (TPSA) is 61.6 Å². The molecule has 0 spiro atoms. The molecule has 0 amide bonds. The number of aryl methyl sites for hydroxylation is 3. The summed E-state index contributed by atoms with van der Waals surface area (Å²) in [6.07, 6.45) is 5.69. The third kappa shape index (κ3) is 4.07. The Morgan fingerprint density at radius 1 is 1.17 bits per heavy atom. The Kier molecular flexibility index (Phi) is 5.80. The largest absolute Gasteiger partial charge is 0.494 e. The number of carbonyl (C=O) groups excluding carboxylic acids is 1. The van der Waals surface area contributed by atoms with Gasteiger partial charge in [0.25, 0.3) is 0 Å².